The minimum absolute atomic E-state index is 0.115. The lowest BCUT2D eigenvalue weighted by Gasteiger charge is -2.19. The van der Waals surface area contributed by atoms with Gasteiger partial charge >= 0.3 is 5.97 Å². The van der Waals surface area contributed by atoms with E-state index in [-0.39, 0.29) is 5.97 Å². The first-order valence-electron chi connectivity index (χ1n) is 9.76. The van der Waals surface area contributed by atoms with Crippen LogP contribution in [0.25, 0.3) is 0 Å². The molecule has 1 aliphatic rings. The second kappa shape index (κ2) is 11.7. The summed E-state index contributed by atoms with van der Waals surface area (Å²) in [6.45, 7) is 0. The molecule has 2 rings (SSSR count). The zero-order valence-electron chi connectivity index (χ0n) is 15.6. The molecule has 0 aromatic heterocycles. The van der Waals surface area contributed by atoms with E-state index in [4.69, 9.17) is 4.74 Å². The molecule has 1 saturated carbocycles. The molecular weight excluding hydrogens is 308 g/mol. The van der Waals surface area contributed by atoms with E-state index >= 15 is 0 Å². The normalized spacial score (nSPS) is 16.3. The SMILES string of the molecule is COC(=O)CCC/C=C/C(=C/C1CCCCC1)CCc1ccccc1. The monoisotopic (exact) mass is 340 g/mol. The van der Waals surface area contributed by atoms with Crippen molar-refractivity contribution in [3.05, 3.63) is 59.7 Å². The van der Waals surface area contributed by atoms with Gasteiger partial charge in [-0.25, -0.2) is 0 Å². The minimum atomic E-state index is -0.115. The number of aryl methyl sites for hydroxylation is 1. The Labute approximate surface area is 153 Å². The van der Waals surface area contributed by atoms with Crippen molar-refractivity contribution in [2.45, 2.75) is 64.2 Å². The number of rotatable bonds is 9. The lowest BCUT2D eigenvalue weighted by atomic mass is 9.87. The first-order chi connectivity index (χ1) is 12.3. The maximum absolute atomic E-state index is 11.2. The first kappa shape index (κ1) is 19.5. The van der Waals surface area contributed by atoms with Crippen molar-refractivity contribution >= 4 is 5.97 Å². The van der Waals surface area contributed by atoms with Gasteiger partial charge in [0, 0.05) is 6.42 Å². The molecule has 1 fully saturated rings. The number of benzene rings is 1. The molecule has 0 bridgehead atoms. The standard InChI is InChI=1S/C23H32O2/c1-25-23(24)16-10-4-9-15-22(19-21-13-7-3-8-14-21)18-17-20-11-5-2-6-12-20/h2,5-6,9,11-12,15,19,21H,3-4,7-8,10,13-14,16-18H2,1H3/b15-9+,22-19-. The van der Waals surface area contributed by atoms with Crippen LogP contribution in [0.15, 0.2) is 54.1 Å². The first-order valence-corrected chi connectivity index (χ1v) is 9.76. The van der Waals surface area contributed by atoms with Gasteiger partial charge in [0.2, 0.25) is 0 Å². The van der Waals surface area contributed by atoms with Crippen LogP contribution in [0.5, 0.6) is 0 Å². The van der Waals surface area contributed by atoms with E-state index in [0.717, 1.165) is 31.6 Å². The van der Waals surface area contributed by atoms with Gasteiger partial charge in [0.1, 0.15) is 0 Å². The highest BCUT2D eigenvalue weighted by molar-refractivity contribution is 5.69. The van der Waals surface area contributed by atoms with Crippen molar-refractivity contribution in [1.82, 2.24) is 0 Å². The Bertz CT molecular complexity index is 551. The lowest BCUT2D eigenvalue weighted by molar-refractivity contribution is -0.140. The molecule has 1 aliphatic carbocycles. The molecular formula is C23H32O2. The smallest absolute Gasteiger partial charge is 0.305 e. The van der Waals surface area contributed by atoms with E-state index in [2.05, 4.69) is 48.6 Å². The molecule has 1 aromatic rings. The number of methoxy groups -OCH3 is 1. The molecule has 0 N–H and O–H groups in total. The summed E-state index contributed by atoms with van der Waals surface area (Å²) >= 11 is 0. The van der Waals surface area contributed by atoms with E-state index < -0.39 is 0 Å². The summed E-state index contributed by atoms with van der Waals surface area (Å²) in [5.74, 6) is 0.634. The molecule has 0 radical (unpaired) electrons. The topological polar surface area (TPSA) is 26.3 Å². The third-order valence-corrected chi connectivity index (χ3v) is 4.96. The Hall–Kier alpha value is -1.83. The zero-order chi connectivity index (χ0) is 17.7. The number of allylic oxidation sites excluding steroid dienone is 4. The van der Waals surface area contributed by atoms with Crippen molar-refractivity contribution < 1.29 is 9.53 Å². The third-order valence-electron chi connectivity index (χ3n) is 4.96. The zero-order valence-corrected chi connectivity index (χ0v) is 15.6. The number of hydrogen-bond acceptors (Lipinski definition) is 2. The highest BCUT2D eigenvalue weighted by Gasteiger charge is 2.11. The van der Waals surface area contributed by atoms with Crippen LogP contribution in [0.2, 0.25) is 0 Å². The molecule has 0 aliphatic heterocycles. The van der Waals surface area contributed by atoms with Crippen molar-refractivity contribution in [3.63, 3.8) is 0 Å². The quantitative estimate of drug-likeness (QED) is 0.312. The van der Waals surface area contributed by atoms with Gasteiger partial charge in [-0.3, -0.25) is 4.79 Å². The van der Waals surface area contributed by atoms with Gasteiger partial charge in [-0.15, -0.1) is 0 Å². The third kappa shape index (κ3) is 8.20. The molecule has 0 heterocycles. The fraction of sp³-hybridized carbons (Fsp3) is 0.522. The minimum Gasteiger partial charge on any atom is -0.469 e. The second-order valence-electron chi connectivity index (χ2n) is 7.00. The van der Waals surface area contributed by atoms with Crippen molar-refractivity contribution in [3.8, 4) is 0 Å². The Morgan fingerprint density at radius 3 is 2.60 bits per heavy atom. The van der Waals surface area contributed by atoms with Crippen LogP contribution in [-0.2, 0) is 16.0 Å². The fourth-order valence-electron chi connectivity index (χ4n) is 3.46. The maximum Gasteiger partial charge on any atom is 0.305 e. The van der Waals surface area contributed by atoms with Crippen molar-refractivity contribution in [1.29, 1.82) is 0 Å². The summed E-state index contributed by atoms with van der Waals surface area (Å²) < 4.78 is 4.69. The number of ether oxygens (including phenoxy) is 1. The van der Waals surface area contributed by atoms with Crippen molar-refractivity contribution in [2.24, 2.45) is 5.92 Å². The Morgan fingerprint density at radius 1 is 1.12 bits per heavy atom. The summed E-state index contributed by atoms with van der Waals surface area (Å²) in [7, 11) is 1.45. The number of esters is 1. The van der Waals surface area contributed by atoms with Gasteiger partial charge in [0.15, 0.2) is 0 Å². The lowest BCUT2D eigenvalue weighted by Crippen LogP contribution is -2.04. The van der Waals surface area contributed by atoms with Gasteiger partial charge in [-0.1, -0.05) is 73.4 Å². The molecule has 136 valence electrons. The molecule has 0 spiro atoms. The van der Waals surface area contributed by atoms with E-state index in [1.165, 1.54) is 50.4 Å². The number of carbonyl (C=O) groups is 1. The Balaban J connectivity index is 1.88. The number of unbranched alkanes of at least 4 members (excludes halogenated alkanes) is 1. The largest absolute Gasteiger partial charge is 0.469 e. The second-order valence-corrected chi connectivity index (χ2v) is 7.00. The molecule has 0 unspecified atom stereocenters. The maximum atomic E-state index is 11.2. The Morgan fingerprint density at radius 2 is 1.88 bits per heavy atom. The summed E-state index contributed by atoms with van der Waals surface area (Å²) in [4.78, 5) is 11.2. The van der Waals surface area contributed by atoms with Gasteiger partial charge in [0.05, 0.1) is 7.11 Å². The van der Waals surface area contributed by atoms with Gasteiger partial charge in [-0.2, -0.15) is 0 Å². The summed E-state index contributed by atoms with van der Waals surface area (Å²) in [5.41, 5.74) is 2.85. The average Bonchev–Trinajstić information content (AvgIpc) is 2.67. The van der Waals surface area contributed by atoms with Crippen LogP contribution in [-0.4, -0.2) is 13.1 Å². The highest BCUT2D eigenvalue weighted by atomic mass is 16.5. The number of hydrogen-bond donors (Lipinski definition) is 0. The van der Waals surface area contributed by atoms with E-state index in [1.807, 2.05) is 0 Å². The molecule has 0 saturated heterocycles. The molecule has 0 atom stereocenters. The van der Waals surface area contributed by atoms with Gasteiger partial charge < -0.3 is 4.74 Å². The summed E-state index contributed by atoms with van der Waals surface area (Å²) in [6.07, 6.45) is 18.3. The molecule has 0 amide bonds. The summed E-state index contributed by atoms with van der Waals surface area (Å²) in [6, 6.07) is 10.7. The van der Waals surface area contributed by atoms with Crippen LogP contribution < -0.4 is 0 Å². The highest BCUT2D eigenvalue weighted by Crippen LogP contribution is 2.27. The van der Waals surface area contributed by atoms with Crippen molar-refractivity contribution in [2.75, 3.05) is 7.11 Å². The van der Waals surface area contributed by atoms with Crippen LogP contribution in [0, 0.1) is 5.92 Å². The van der Waals surface area contributed by atoms with Gasteiger partial charge in [-0.05, 0) is 50.0 Å². The number of carbonyl (C=O) groups excluding carboxylic acids is 1. The van der Waals surface area contributed by atoms with E-state index in [9.17, 15) is 4.79 Å². The van der Waals surface area contributed by atoms with Crippen LogP contribution >= 0.6 is 0 Å². The molecule has 2 heteroatoms. The van der Waals surface area contributed by atoms with E-state index in [1.54, 1.807) is 0 Å². The van der Waals surface area contributed by atoms with E-state index in [0.29, 0.717) is 6.42 Å². The predicted octanol–water partition coefficient (Wildman–Crippen LogP) is 6.03. The molecule has 2 nitrogen and oxygen atoms in total. The van der Waals surface area contributed by atoms with Crippen LogP contribution in [0.4, 0.5) is 0 Å². The Kier molecular flexibility index (Phi) is 9.11. The average molecular weight is 341 g/mol. The predicted molar refractivity (Wildman–Crippen MR) is 104 cm³/mol. The fourth-order valence-corrected chi connectivity index (χ4v) is 3.46. The van der Waals surface area contributed by atoms with Crippen LogP contribution in [0.1, 0.15) is 63.4 Å². The van der Waals surface area contributed by atoms with Crippen LogP contribution in [0.3, 0.4) is 0 Å². The molecule has 1 aromatic carbocycles. The van der Waals surface area contributed by atoms with Gasteiger partial charge in [0.25, 0.3) is 0 Å². The summed E-state index contributed by atoms with van der Waals surface area (Å²) in [5, 5.41) is 0. The molecule has 25 heavy (non-hydrogen) atoms.